The predicted molar refractivity (Wildman–Crippen MR) is 20.3 cm³/mol. The van der Waals surface area contributed by atoms with Crippen molar-refractivity contribution in [2.45, 2.75) is 6.92 Å². The second kappa shape index (κ2) is 2.09. The maximum absolute atomic E-state index is 9.52. The second-order valence-electron chi connectivity index (χ2n) is 0.593. The van der Waals surface area contributed by atoms with Gasteiger partial charge in [0.15, 0.2) is 0 Å². The van der Waals surface area contributed by atoms with Crippen LogP contribution in [0.1, 0.15) is 6.92 Å². The Balaban J connectivity index is 3.14. The molecule has 0 aromatic carbocycles. The highest BCUT2D eigenvalue weighted by Crippen LogP contribution is 1.90. The van der Waals surface area contributed by atoms with Crippen LogP contribution in [0.2, 0.25) is 0 Å². The van der Waals surface area contributed by atoms with Crippen molar-refractivity contribution in [3.8, 4) is 0 Å². The largest absolute Gasteiger partial charge is 0.277 e. The van der Waals surface area contributed by atoms with E-state index in [1.165, 1.54) is 6.08 Å². The molecule has 0 fully saturated rings. The molecule has 1 nitrogen and oxygen atoms in total. The average molecular weight is 91.5 g/mol. The van der Waals surface area contributed by atoms with E-state index in [0.29, 0.717) is 0 Å². The van der Waals surface area contributed by atoms with Crippen molar-refractivity contribution in [1.29, 1.82) is 0 Å². The molecule has 0 unspecified atom stereocenters. The summed E-state index contributed by atoms with van der Waals surface area (Å²) < 4.78 is 0. The lowest BCUT2D eigenvalue weighted by Crippen LogP contribution is -1.50. The molecule has 0 aromatic rings. The number of allylic oxidation sites excluding steroid dienone is 1. The van der Waals surface area contributed by atoms with E-state index < -0.39 is 5.22 Å². The average Bonchev–Trinajstić information content (AvgIpc) is 1.38. The van der Waals surface area contributed by atoms with Crippen molar-refractivity contribution in [3.63, 3.8) is 0 Å². The molecule has 0 spiro atoms. The van der Waals surface area contributed by atoms with Crippen molar-refractivity contribution in [2.75, 3.05) is 0 Å². The Bertz CT molecular complexity index is 44.9. The zero-order valence-electron chi connectivity index (χ0n) is 2.86. The Hall–Kier alpha value is -0.170. The molecule has 0 saturated heterocycles. The molecule has 1 radical (unpaired) electrons. The lowest BCUT2D eigenvalue weighted by molar-refractivity contribution is 0.332. The summed E-state index contributed by atoms with van der Waals surface area (Å²) in [6.45, 7) is 1.59. The van der Waals surface area contributed by atoms with Gasteiger partial charge in [-0.1, -0.05) is 0 Å². The van der Waals surface area contributed by atoms with Crippen LogP contribution in [0.3, 0.4) is 0 Å². The molecule has 0 saturated carbocycles. The van der Waals surface area contributed by atoms with Crippen LogP contribution in [0.25, 0.3) is 0 Å². The van der Waals surface area contributed by atoms with Gasteiger partial charge in [0.05, 0.1) is 0 Å². The van der Waals surface area contributed by atoms with Gasteiger partial charge in [-0.2, -0.15) is 0 Å². The number of hydrogen-bond donors (Lipinski definition) is 0. The van der Waals surface area contributed by atoms with Gasteiger partial charge < -0.3 is 0 Å². The number of hydrogen-bond acceptors (Lipinski definition) is 0. The molecule has 0 rings (SSSR count). The quantitative estimate of drug-likeness (QED) is 0.403. The van der Waals surface area contributed by atoms with E-state index in [2.05, 4.69) is 0 Å². The van der Waals surface area contributed by atoms with Gasteiger partial charge in [-0.05, 0) is 24.6 Å². The first-order chi connectivity index (χ1) is 2.27. The zero-order chi connectivity index (χ0) is 4.28. The summed E-state index contributed by atoms with van der Waals surface area (Å²) in [6.07, 6.45) is 1.29. The monoisotopic (exact) mass is 91.0 g/mol. The van der Waals surface area contributed by atoms with Crippen molar-refractivity contribution < 1.29 is 5.11 Å². The highest BCUT2D eigenvalue weighted by atomic mass is 35.5. The molecular weight excluding hydrogens is 87.5 g/mol. The molecule has 0 N–H and O–H groups in total. The summed E-state index contributed by atoms with van der Waals surface area (Å²) in [7, 11) is 0. The summed E-state index contributed by atoms with van der Waals surface area (Å²) in [6, 6.07) is 0. The Labute approximate surface area is 35.9 Å². The minimum Gasteiger partial charge on any atom is -0.277 e. The highest BCUT2D eigenvalue weighted by molar-refractivity contribution is 6.27. The topological polar surface area (TPSA) is 19.9 Å². The molecule has 0 atom stereocenters. The van der Waals surface area contributed by atoms with Gasteiger partial charge in [0.2, 0.25) is 5.22 Å². The first-order valence-corrected chi connectivity index (χ1v) is 1.64. The van der Waals surface area contributed by atoms with Gasteiger partial charge >= 0.3 is 0 Å². The van der Waals surface area contributed by atoms with Gasteiger partial charge in [-0.15, -0.1) is 0 Å². The fraction of sp³-hybridized carbons (Fsp3) is 0.333. The Morgan fingerprint density at radius 2 is 2.20 bits per heavy atom. The SMILES string of the molecule is C/C=C(\[O])Cl. The zero-order valence-corrected chi connectivity index (χ0v) is 3.62. The van der Waals surface area contributed by atoms with E-state index in [0.717, 1.165) is 0 Å². The van der Waals surface area contributed by atoms with Crippen LogP contribution in [0.4, 0.5) is 0 Å². The van der Waals surface area contributed by atoms with Gasteiger partial charge in [-0.3, -0.25) is 5.11 Å². The van der Waals surface area contributed by atoms with Crippen molar-refractivity contribution >= 4 is 11.6 Å². The van der Waals surface area contributed by atoms with E-state index in [1.54, 1.807) is 6.92 Å². The molecule has 0 heterocycles. The van der Waals surface area contributed by atoms with Crippen molar-refractivity contribution in [1.82, 2.24) is 0 Å². The lowest BCUT2D eigenvalue weighted by Gasteiger charge is -1.63. The third kappa shape index (κ3) is 3.83. The molecule has 29 valence electrons. The van der Waals surface area contributed by atoms with Crippen LogP contribution in [0.5, 0.6) is 0 Å². The predicted octanol–water partition coefficient (Wildman–Crippen LogP) is 1.52. The molecule has 0 aliphatic rings. The molecule has 2 heteroatoms. The minimum absolute atomic E-state index is 0.398. The van der Waals surface area contributed by atoms with Gasteiger partial charge in [0, 0.05) is 0 Å². The standard InChI is InChI=1S/C3H4ClO/c1-2-3(4)5/h2H,1H3/b3-2-. The number of rotatable bonds is 0. The maximum atomic E-state index is 9.52. The second-order valence-corrected chi connectivity index (χ2v) is 0.965. The molecule has 0 aliphatic heterocycles. The molecule has 0 aliphatic carbocycles. The highest BCUT2D eigenvalue weighted by Gasteiger charge is 1.73. The Kier molecular flexibility index (Phi) is 2.02. The molecule has 0 amide bonds. The van der Waals surface area contributed by atoms with E-state index >= 15 is 0 Å². The van der Waals surface area contributed by atoms with E-state index in [-0.39, 0.29) is 0 Å². The Morgan fingerprint density at radius 3 is 2.20 bits per heavy atom. The Morgan fingerprint density at radius 1 is 2.00 bits per heavy atom. The van der Waals surface area contributed by atoms with Crippen molar-refractivity contribution in [3.05, 3.63) is 11.3 Å². The first-order valence-electron chi connectivity index (χ1n) is 1.26. The molecular formula is C3H4ClO. The first kappa shape index (κ1) is 4.83. The summed E-state index contributed by atoms with van der Waals surface area (Å²) in [4.78, 5) is 0. The summed E-state index contributed by atoms with van der Waals surface area (Å²) in [5.41, 5.74) is 0. The maximum Gasteiger partial charge on any atom is 0.240 e. The van der Waals surface area contributed by atoms with Crippen LogP contribution in [0.15, 0.2) is 11.3 Å². The summed E-state index contributed by atoms with van der Waals surface area (Å²) >= 11 is 4.77. The normalized spacial score (nSPS) is 12.0. The molecule has 0 aromatic heterocycles. The fourth-order valence-corrected chi connectivity index (χ4v) is 0. The summed E-state index contributed by atoms with van der Waals surface area (Å²) in [5.74, 6) is 0. The van der Waals surface area contributed by atoms with Gasteiger partial charge in [0.25, 0.3) is 0 Å². The van der Waals surface area contributed by atoms with E-state index in [9.17, 15) is 5.11 Å². The third-order valence-corrected chi connectivity index (χ3v) is 0.445. The van der Waals surface area contributed by atoms with Crippen LogP contribution in [0, 0.1) is 0 Å². The number of halogens is 1. The lowest BCUT2D eigenvalue weighted by atomic mass is 10.7. The molecule has 0 bridgehead atoms. The van der Waals surface area contributed by atoms with Crippen LogP contribution < -0.4 is 0 Å². The van der Waals surface area contributed by atoms with Crippen LogP contribution >= 0.6 is 11.6 Å². The fourth-order valence-electron chi connectivity index (χ4n) is 0. The van der Waals surface area contributed by atoms with E-state index in [1.807, 2.05) is 0 Å². The van der Waals surface area contributed by atoms with Gasteiger partial charge in [0.1, 0.15) is 0 Å². The minimum atomic E-state index is -0.398. The summed E-state index contributed by atoms with van der Waals surface area (Å²) in [5, 5.41) is 9.12. The van der Waals surface area contributed by atoms with Crippen LogP contribution in [-0.4, -0.2) is 0 Å². The third-order valence-electron chi connectivity index (χ3n) is 0.227. The smallest absolute Gasteiger partial charge is 0.240 e. The van der Waals surface area contributed by atoms with Crippen LogP contribution in [-0.2, 0) is 5.11 Å². The van der Waals surface area contributed by atoms with Gasteiger partial charge in [-0.25, -0.2) is 0 Å². The molecule has 5 heavy (non-hydrogen) atoms. The van der Waals surface area contributed by atoms with Crippen molar-refractivity contribution in [2.24, 2.45) is 0 Å². The van der Waals surface area contributed by atoms with E-state index in [4.69, 9.17) is 11.6 Å².